The summed E-state index contributed by atoms with van der Waals surface area (Å²) in [5, 5.41) is 0. The van der Waals surface area contributed by atoms with E-state index in [-0.39, 0.29) is 0 Å². The van der Waals surface area contributed by atoms with Crippen molar-refractivity contribution in [3.63, 3.8) is 0 Å². The van der Waals surface area contributed by atoms with Gasteiger partial charge in [-0.25, -0.2) is 4.98 Å². The van der Waals surface area contributed by atoms with Crippen molar-refractivity contribution in [2.75, 3.05) is 0 Å². The van der Waals surface area contributed by atoms with Crippen LogP contribution in [0.15, 0.2) is 22.8 Å². The zero-order valence-electron chi connectivity index (χ0n) is 9.50. The molecule has 0 aliphatic carbocycles. The van der Waals surface area contributed by atoms with Crippen molar-refractivity contribution in [3.8, 4) is 0 Å². The molecule has 0 aliphatic heterocycles. The Morgan fingerprint density at radius 3 is 3.00 bits per heavy atom. The van der Waals surface area contributed by atoms with E-state index < -0.39 is 0 Å². The highest BCUT2D eigenvalue weighted by molar-refractivity contribution is 9.10. The Morgan fingerprint density at radius 1 is 1.47 bits per heavy atom. The SMILES string of the molecule is CCc1ccc2nc3[nH]c(CN)c(Br)n3c2c1. The lowest BCUT2D eigenvalue weighted by Crippen LogP contribution is -1.97. The van der Waals surface area contributed by atoms with Gasteiger partial charge in [-0.05, 0) is 40.0 Å². The molecule has 0 saturated carbocycles. The van der Waals surface area contributed by atoms with Gasteiger partial charge in [-0.1, -0.05) is 13.0 Å². The zero-order valence-corrected chi connectivity index (χ0v) is 11.1. The molecule has 0 saturated heterocycles. The maximum Gasteiger partial charge on any atom is 0.213 e. The fourth-order valence-corrected chi connectivity index (χ4v) is 2.70. The van der Waals surface area contributed by atoms with Crippen LogP contribution in [0.25, 0.3) is 16.8 Å². The van der Waals surface area contributed by atoms with Crippen LogP contribution in [0.2, 0.25) is 0 Å². The van der Waals surface area contributed by atoms with E-state index in [0.29, 0.717) is 6.54 Å². The van der Waals surface area contributed by atoms with Gasteiger partial charge in [0.15, 0.2) is 0 Å². The fourth-order valence-electron chi connectivity index (χ4n) is 2.08. The van der Waals surface area contributed by atoms with E-state index in [1.165, 1.54) is 5.56 Å². The number of H-pyrrole nitrogens is 1. The first-order chi connectivity index (χ1) is 8.24. The number of nitrogens with one attached hydrogen (secondary N) is 1. The molecule has 5 heteroatoms. The molecule has 0 amide bonds. The van der Waals surface area contributed by atoms with E-state index >= 15 is 0 Å². The highest BCUT2D eigenvalue weighted by Crippen LogP contribution is 2.25. The summed E-state index contributed by atoms with van der Waals surface area (Å²) in [5.74, 6) is 0.834. The van der Waals surface area contributed by atoms with Crippen molar-refractivity contribution < 1.29 is 0 Å². The number of aryl methyl sites for hydroxylation is 1. The minimum absolute atomic E-state index is 0.471. The van der Waals surface area contributed by atoms with Gasteiger partial charge in [-0.3, -0.25) is 4.40 Å². The van der Waals surface area contributed by atoms with E-state index in [2.05, 4.69) is 55.4 Å². The van der Waals surface area contributed by atoms with Gasteiger partial charge in [0.25, 0.3) is 0 Å². The lowest BCUT2D eigenvalue weighted by Gasteiger charge is -1.98. The van der Waals surface area contributed by atoms with Crippen molar-refractivity contribution in [1.29, 1.82) is 0 Å². The molecule has 2 heterocycles. The lowest BCUT2D eigenvalue weighted by molar-refractivity contribution is 1.00. The second-order valence-electron chi connectivity index (χ2n) is 4.05. The summed E-state index contributed by atoms with van der Waals surface area (Å²) in [7, 11) is 0. The summed E-state index contributed by atoms with van der Waals surface area (Å²) in [4.78, 5) is 7.76. The Bertz CT molecular complexity index is 695. The number of nitrogens with zero attached hydrogens (tertiary/aromatic N) is 2. The third-order valence-corrected chi connectivity index (χ3v) is 3.87. The molecule has 3 rings (SSSR count). The molecule has 1 aromatic carbocycles. The third-order valence-electron chi connectivity index (χ3n) is 3.04. The van der Waals surface area contributed by atoms with E-state index in [1.807, 2.05) is 0 Å². The minimum Gasteiger partial charge on any atom is -0.325 e. The van der Waals surface area contributed by atoms with E-state index in [1.54, 1.807) is 0 Å². The lowest BCUT2D eigenvalue weighted by atomic mass is 10.1. The van der Waals surface area contributed by atoms with Crippen molar-refractivity contribution in [3.05, 3.63) is 34.1 Å². The third kappa shape index (κ3) is 1.50. The summed E-state index contributed by atoms with van der Waals surface area (Å²) in [6.45, 7) is 2.62. The number of nitrogens with two attached hydrogens (primary N) is 1. The largest absolute Gasteiger partial charge is 0.325 e. The maximum absolute atomic E-state index is 5.67. The number of imidazole rings is 2. The topological polar surface area (TPSA) is 59.1 Å². The van der Waals surface area contributed by atoms with Crippen LogP contribution in [0.5, 0.6) is 0 Å². The summed E-state index contributed by atoms with van der Waals surface area (Å²) < 4.78 is 3.03. The number of aromatic nitrogens is 3. The average Bonchev–Trinajstić information content (AvgIpc) is 2.85. The van der Waals surface area contributed by atoms with Crippen LogP contribution in [0, 0.1) is 0 Å². The second-order valence-corrected chi connectivity index (χ2v) is 4.80. The monoisotopic (exact) mass is 292 g/mol. The molecule has 3 N–H and O–H groups in total. The molecule has 0 fully saturated rings. The van der Waals surface area contributed by atoms with Crippen molar-refractivity contribution in [2.24, 2.45) is 5.73 Å². The molecular weight excluding hydrogens is 280 g/mol. The van der Waals surface area contributed by atoms with Crippen molar-refractivity contribution >= 4 is 32.7 Å². The molecule has 2 aromatic heterocycles. The van der Waals surface area contributed by atoms with Crippen LogP contribution in [0.4, 0.5) is 0 Å². The van der Waals surface area contributed by atoms with Gasteiger partial charge in [0, 0.05) is 6.54 Å². The average molecular weight is 293 g/mol. The zero-order chi connectivity index (χ0) is 12.0. The van der Waals surface area contributed by atoms with E-state index in [9.17, 15) is 0 Å². The molecule has 0 bridgehead atoms. The van der Waals surface area contributed by atoms with Gasteiger partial charge < -0.3 is 10.7 Å². The molecular formula is C12H13BrN4. The predicted molar refractivity (Wildman–Crippen MR) is 72.0 cm³/mol. The highest BCUT2D eigenvalue weighted by atomic mass is 79.9. The van der Waals surface area contributed by atoms with Gasteiger partial charge in [-0.15, -0.1) is 0 Å². The second kappa shape index (κ2) is 3.85. The van der Waals surface area contributed by atoms with Gasteiger partial charge in [0.2, 0.25) is 5.78 Å². The Balaban J connectivity index is 2.41. The number of benzene rings is 1. The van der Waals surface area contributed by atoms with Crippen LogP contribution in [-0.2, 0) is 13.0 Å². The van der Waals surface area contributed by atoms with Crippen LogP contribution < -0.4 is 5.73 Å². The molecule has 0 radical (unpaired) electrons. The Hall–Kier alpha value is -1.33. The molecule has 17 heavy (non-hydrogen) atoms. The van der Waals surface area contributed by atoms with Crippen molar-refractivity contribution in [2.45, 2.75) is 19.9 Å². The first kappa shape index (κ1) is 10.8. The van der Waals surface area contributed by atoms with Gasteiger partial charge >= 0.3 is 0 Å². The maximum atomic E-state index is 5.67. The smallest absolute Gasteiger partial charge is 0.213 e. The molecule has 0 aliphatic rings. The van der Waals surface area contributed by atoms with Gasteiger partial charge in [-0.2, -0.15) is 0 Å². The Morgan fingerprint density at radius 2 is 2.29 bits per heavy atom. The van der Waals surface area contributed by atoms with Crippen LogP contribution in [-0.4, -0.2) is 14.4 Å². The predicted octanol–water partition coefficient (Wildman–Crippen LogP) is 2.60. The number of aromatic amines is 1. The van der Waals surface area contributed by atoms with Gasteiger partial charge in [0.05, 0.1) is 16.7 Å². The summed E-state index contributed by atoms with van der Waals surface area (Å²) in [5.41, 5.74) is 10.1. The fraction of sp³-hybridized carbons (Fsp3) is 0.250. The van der Waals surface area contributed by atoms with E-state index in [4.69, 9.17) is 5.73 Å². The first-order valence-electron chi connectivity index (χ1n) is 5.62. The van der Waals surface area contributed by atoms with Crippen LogP contribution >= 0.6 is 15.9 Å². The highest BCUT2D eigenvalue weighted by Gasteiger charge is 2.13. The molecule has 88 valence electrons. The molecule has 0 unspecified atom stereocenters. The molecule has 0 atom stereocenters. The van der Waals surface area contributed by atoms with Crippen LogP contribution in [0.1, 0.15) is 18.2 Å². The summed E-state index contributed by atoms with van der Waals surface area (Å²) in [6.07, 6.45) is 1.02. The molecule has 3 aromatic rings. The Labute approximate surface area is 107 Å². The quantitative estimate of drug-likeness (QED) is 0.763. The van der Waals surface area contributed by atoms with E-state index in [0.717, 1.165) is 33.5 Å². The number of fused-ring (bicyclic) bond motifs is 3. The standard InChI is InChI=1S/C12H13BrN4/c1-2-7-3-4-8-10(5-7)17-11(13)9(6-14)16-12(17)15-8/h3-5H,2,6,14H2,1H3,(H,15,16). The summed E-state index contributed by atoms with van der Waals surface area (Å²) in [6, 6.07) is 6.35. The van der Waals surface area contributed by atoms with Crippen LogP contribution in [0.3, 0.4) is 0 Å². The van der Waals surface area contributed by atoms with Crippen molar-refractivity contribution in [1.82, 2.24) is 14.4 Å². The number of rotatable bonds is 2. The normalized spacial score (nSPS) is 11.7. The number of hydrogen-bond acceptors (Lipinski definition) is 2. The number of hydrogen-bond donors (Lipinski definition) is 2. The number of halogens is 1. The molecule has 0 spiro atoms. The van der Waals surface area contributed by atoms with Gasteiger partial charge in [0.1, 0.15) is 4.60 Å². The Kier molecular flexibility index (Phi) is 2.45. The summed E-state index contributed by atoms with van der Waals surface area (Å²) >= 11 is 3.57. The minimum atomic E-state index is 0.471. The first-order valence-corrected chi connectivity index (χ1v) is 6.41. The molecule has 4 nitrogen and oxygen atoms in total.